The smallest absolute Gasteiger partial charge is 0.0624 e. The number of hydrogen-bond acceptors (Lipinski definition) is 2. The number of aromatic nitrogens is 2. The number of hydrogen-bond donors (Lipinski definition) is 1. The van der Waals surface area contributed by atoms with E-state index in [0.717, 1.165) is 25.9 Å². The maximum absolute atomic E-state index is 5.62. The quantitative estimate of drug-likeness (QED) is 0.775. The number of rotatable bonds is 5. The van der Waals surface area contributed by atoms with Gasteiger partial charge in [0.05, 0.1) is 5.69 Å². The van der Waals surface area contributed by atoms with Crippen LogP contribution in [-0.4, -0.2) is 16.3 Å². The van der Waals surface area contributed by atoms with Crippen LogP contribution in [-0.2, 0) is 19.4 Å². The molecule has 80 valence electrons. The molecule has 0 spiro atoms. The summed E-state index contributed by atoms with van der Waals surface area (Å²) in [5.41, 5.74) is 8.13. The maximum atomic E-state index is 5.62. The molecule has 2 N–H and O–H groups in total. The SMILES string of the molecule is CCc1cc(CC(C)CN)n(CC)n1. The van der Waals surface area contributed by atoms with E-state index in [1.165, 1.54) is 11.4 Å². The molecule has 0 aromatic carbocycles. The Morgan fingerprint density at radius 3 is 2.71 bits per heavy atom. The molecule has 1 atom stereocenters. The predicted molar refractivity (Wildman–Crippen MR) is 59.2 cm³/mol. The van der Waals surface area contributed by atoms with Gasteiger partial charge in [-0.1, -0.05) is 13.8 Å². The molecular formula is C11H21N3. The van der Waals surface area contributed by atoms with Crippen molar-refractivity contribution in [1.29, 1.82) is 0 Å². The van der Waals surface area contributed by atoms with Gasteiger partial charge in [0.1, 0.15) is 0 Å². The van der Waals surface area contributed by atoms with Crippen molar-refractivity contribution in [3.8, 4) is 0 Å². The van der Waals surface area contributed by atoms with E-state index >= 15 is 0 Å². The molecule has 0 radical (unpaired) electrons. The van der Waals surface area contributed by atoms with Gasteiger partial charge < -0.3 is 5.73 Å². The minimum atomic E-state index is 0.543. The summed E-state index contributed by atoms with van der Waals surface area (Å²) in [7, 11) is 0. The maximum Gasteiger partial charge on any atom is 0.0624 e. The zero-order valence-electron chi connectivity index (χ0n) is 9.45. The Balaban J connectivity index is 2.78. The van der Waals surface area contributed by atoms with E-state index in [1.54, 1.807) is 0 Å². The molecule has 0 aliphatic carbocycles. The molecule has 1 rings (SSSR count). The molecule has 0 amide bonds. The highest BCUT2D eigenvalue weighted by molar-refractivity contribution is 5.11. The summed E-state index contributed by atoms with van der Waals surface area (Å²) in [6, 6.07) is 2.20. The fourth-order valence-corrected chi connectivity index (χ4v) is 1.57. The van der Waals surface area contributed by atoms with Crippen molar-refractivity contribution >= 4 is 0 Å². The molecule has 1 aromatic heterocycles. The lowest BCUT2D eigenvalue weighted by molar-refractivity contribution is 0.536. The first-order valence-electron chi connectivity index (χ1n) is 5.46. The highest BCUT2D eigenvalue weighted by Crippen LogP contribution is 2.10. The van der Waals surface area contributed by atoms with Crippen LogP contribution in [0.2, 0.25) is 0 Å². The van der Waals surface area contributed by atoms with E-state index in [1.807, 2.05) is 0 Å². The molecule has 1 aromatic rings. The zero-order chi connectivity index (χ0) is 10.6. The van der Waals surface area contributed by atoms with Crippen LogP contribution in [0.15, 0.2) is 6.07 Å². The second kappa shape index (κ2) is 5.15. The van der Waals surface area contributed by atoms with Crippen LogP contribution < -0.4 is 5.73 Å². The van der Waals surface area contributed by atoms with Crippen LogP contribution in [0.25, 0.3) is 0 Å². The molecule has 1 heterocycles. The summed E-state index contributed by atoms with van der Waals surface area (Å²) < 4.78 is 2.09. The zero-order valence-corrected chi connectivity index (χ0v) is 9.45. The Morgan fingerprint density at radius 2 is 2.21 bits per heavy atom. The van der Waals surface area contributed by atoms with Crippen LogP contribution in [0.4, 0.5) is 0 Å². The van der Waals surface area contributed by atoms with Crippen molar-refractivity contribution in [2.24, 2.45) is 11.7 Å². The monoisotopic (exact) mass is 195 g/mol. The fraction of sp³-hybridized carbons (Fsp3) is 0.727. The molecule has 0 fully saturated rings. The standard InChI is InChI=1S/C11H21N3/c1-4-10-7-11(6-9(3)8-12)14(5-2)13-10/h7,9H,4-6,8,12H2,1-3H3. The normalized spacial score (nSPS) is 13.1. The Labute approximate surface area is 86.3 Å². The van der Waals surface area contributed by atoms with Crippen molar-refractivity contribution in [3.05, 3.63) is 17.5 Å². The van der Waals surface area contributed by atoms with Crippen LogP contribution in [0.5, 0.6) is 0 Å². The lowest BCUT2D eigenvalue weighted by atomic mass is 10.1. The molecular weight excluding hydrogens is 174 g/mol. The van der Waals surface area contributed by atoms with Gasteiger partial charge in [0.15, 0.2) is 0 Å². The van der Waals surface area contributed by atoms with Gasteiger partial charge >= 0.3 is 0 Å². The molecule has 0 saturated carbocycles. The lowest BCUT2D eigenvalue weighted by Gasteiger charge is -2.09. The van der Waals surface area contributed by atoms with Crippen molar-refractivity contribution in [1.82, 2.24) is 9.78 Å². The van der Waals surface area contributed by atoms with Gasteiger partial charge in [-0.2, -0.15) is 5.10 Å². The van der Waals surface area contributed by atoms with Gasteiger partial charge in [-0.3, -0.25) is 4.68 Å². The molecule has 0 aliphatic rings. The predicted octanol–water partition coefficient (Wildman–Crippen LogP) is 1.60. The Hall–Kier alpha value is -0.830. The van der Waals surface area contributed by atoms with E-state index in [4.69, 9.17) is 5.73 Å². The lowest BCUT2D eigenvalue weighted by Crippen LogP contribution is -2.15. The largest absolute Gasteiger partial charge is 0.330 e. The van der Waals surface area contributed by atoms with Crippen molar-refractivity contribution in [3.63, 3.8) is 0 Å². The summed E-state index contributed by atoms with van der Waals surface area (Å²) in [5, 5.41) is 4.51. The molecule has 3 nitrogen and oxygen atoms in total. The molecule has 0 saturated heterocycles. The molecule has 3 heteroatoms. The molecule has 14 heavy (non-hydrogen) atoms. The Bertz CT molecular complexity index is 278. The third-order valence-corrected chi connectivity index (χ3v) is 2.54. The number of nitrogens with zero attached hydrogens (tertiary/aromatic N) is 2. The second-order valence-electron chi connectivity index (χ2n) is 3.84. The number of nitrogens with two attached hydrogens (primary N) is 1. The topological polar surface area (TPSA) is 43.8 Å². The van der Waals surface area contributed by atoms with E-state index in [-0.39, 0.29) is 0 Å². The van der Waals surface area contributed by atoms with Crippen molar-refractivity contribution in [2.75, 3.05) is 6.54 Å². The van der Waals surface area contributed by atoms with Crippen LogP contribution in [0, 0.1) is 5.92 Å². The minimum Gasteiger partial charge on any atom is -0.330 e. The Kier molecular flexibility index (Phi) is 4.14. The van der Waals surface area contributed by atoms with Gasteiger partial charge in [-0.15, -0.1) is 0 Å². The van der Waals surface area contributed by atoms with Gasteiger partial charge in [0.2, 0.25) is 0 Å². The van der Waals surface area contributed by atoms with Gasteiger partial charge in [-0.25, -0.2) is 0 Å². The molecule has 0 bridgehead atoms. The van der Waals surface area contributed by atoms with Gasteiger partial charge in [0.25, 0.3) is 0 Å². The van der Waals surface area contributed by atoms with E-state index in [0.29, 0.717) is 5.92 Å². The van der Waals surface area contributed by atoms with E-state index < -0.39 is 0 Å². The average Bonchev–Trinajstić information content (AvgIpc) is 2.60. The minimum absolute atomic E-state index is 0.543. The van der Waals surface area contributed by atoms with Crippen LogP contribution in [0.3, 0.4) is 0 Å². The molecule has 1 unspecified atom stereocenters. The first-order chi connectivity index (χ1) is 6.71. The third kappa shape index (κ3) is 2.58. The van der Waals surface area contributed by atoms with Crippen molar-refractivity contribution in [2.45, 2.75) is 40.2 Å². The third-order valence-electron chi connectivity index (χ3n) is 2.54. The summed E-state index contributed by atoms with van der Waals surface area (Å²) in [4.78, 5) is 0. The fourth-order valence-electron chi connectivity index (χ4n) is 1.57. The van der Waals surface area contributed by atoms with E-state index in [9.17, 15) is 0 Å². The highest BCUT2D eigenvalue weighted by Gasteiger charge is 2.08. The summed E-state index contributed by atoms with van der Waals surface area (Å²) >= 11 is 0. The number of aryl methyl sites for hydroxylation is 2. The van der Waals surface area contributed by atoms with Gasteiger partial charge in [0, 0.05) is 12.2 Å². The van der Waals surface area contributed by atoms with Gasteiger partial charge in [-0.05, 0) is 38.3 Å². The van der Waals surface area contributed by atoms with Crippen LogP contribution >= 0.6 is 0 Å². The van der Waals surface area contributed by atoms with E-state index in [2.05, 4.69) is 36.6 Å². The van der Waals surface area contributed by atoms with Crippen LogP contribution in [0.1, 0.15) is 32.2 Å². The summed E-state index contributed by atoms with van der Waals surface area (Å²) in [5.74, 6) is 0.543. The first kappa shape index (κ1) is 11.2. The first-order valence-corrected chi connectivity index (χ1v) is 5.46. The highest BCUT2D eigenvalue weighted by atomic mass is 15.3. The second-order valence-corrected chi connectivity index (χ2v) is 3.84. The average molecular weight is 195 g/mol. The summed E-state index contributed by atoms with van der Waals surface area (Å²) in [6.45, 7) is 8.14. The van der Waals surface area contributed by atoms with Crippen molar-refractivity contribution < 1.29 is 0 Å². The summed E-state index contributed by atoms with van der Waals surface area (Å²) in [6.07, 6.45) is 2.05. The Morgan fingerprint density at radius 1 is 1.50 bits per heavy atom. The molecule has 0 aliphatic heterocycles.